The lowest BCUT2D eigenvalue weighted by Gasteiger charge is -2.30. The summed E-state index contributed by atoms with van der Waals surface area (Å²) >= 11 is 7.34. The Hall–Kier alpha value is -0.580. The van der Waals surface area contributed by atoms with Crippen LogP contribution in [0, 0.1) is 0 Å². The Bertz CT molecular complexity index is 362. The molecule has 0 fully saturated rings. The van der Waals surface area contributed by atoms with Crippen LogP contribution in [0.25, 0.3) is 0 Å². The maximum absolute atomic E-state index is 11.0. The van der Waals surface area contributed by atoms with Crippen LogP contribution in [0.1, 0.15) is 18.7 Å². The fourth-order valence-electron chi connectivity index (χ4n) is 1.03. The number of hydrogen-bond acceptors (Lipinski definition) is 3. The van der Waals surface area contributed by atoms with Crippen LogP contribution in [-0.4, -0.2) is 28.6 Å². The third-order valence-corrected chi connectivity index (χ3v) is 3.76. The molecule has 1 aromatic rings. The molecule has 84 valence electrons. The van der Waals surface area contributed by atoms with Crippen molar-refractivity contribution in [2.45, 2.75) is 25.9 Å². The van der Waals surface area contributed by atoms with Gasteiger partial charge in [-0.3, -0.25) is 9.69 Å². The van der Waals surface area contributed by atoms with E-state index in [2.05, 4.69) is 0 Å². The highest BCUT2D eigenvalue weighted by atomic mass is 35.5. The Morgan fingerprint density at radius 1 is 1.67 bits per heavy atom. The van der Waals surface area contributed by atoms with E-state index in [1.807, 2.05) is 11.4 Å². The first kappa shape index (κ1) is 12.5. The molecule has 15 heavy (non-hydrogen) atoms. The summed E-state index contributed by atoms with van der Waals surface area (Å²) in [6.07, 6.45) is 0. The highest BCUT2D eigenvalue weighted by molar-refractivity contribution is 7.10. The zero-order valence-corrected chi connectivity index (χ0v) is 10.5. The second kappa shape index (κ2) is 4.51. The summed E-state index contributed by atoms with van der Waals surface area (Å²) in [6.45, 7) is 3.96. The number of hydrogen-bond donors (Lipinski definition) is 1. The van der Waals surface area contributed by atoms with Gasteiger partial charge in [0.05, 0.1) is 5.02 Å². The van der Waals surface area contributed by atoms with E-state index in [1.54, 1.807) is 25.8 Å². The lowest BCUT2D eigenvalue weighted by molar-refractivity contribution is -0.148. The first-order valence-corrected chi connectivity index (χ1v) is 5.77. The minimum absolute atomic E-state index is 0.594. The van der Waals surface area contributed by atoms with Crippen molar-refractivity contribution in [1.82, 2.24) is 4.90 Å². The molecule has 3 nitrogen and oxygen atoms in total. The van der Waals surface area contributed by atoms with Crippen molar-refractivity contribution in [3.63, 3.8) is 0 Å². The van der Waals surface area contributed by atoms with Gasteiger partial charge in [0.2, 0.25) is 0 Å². The number of aliphatic carboxylic acids is 1. The lowest BCUT2D eigenvalue weighted by Crippen LogP contribution is -2.47. The number of rotatable bonds is 4. The third kappa shape index (κ3) is 2.93. The van der Waals surface area contributed by atoms with Gasteiger partial charge in [0.25, 0.3) is 0 Å². The van der Waals surface area contributed by atoms with E-state index < -0.39 is 11.5 Å². The fourth-order valence-corrected chi connectivity index (χ4v) is 2.16. The van der Waals surface area contributed by atoms with Crippen LogP contribution in [0.2, 0.25) is 5.02 Å². The smallest absolute Gasteiger partial charge is 0.323 e. The average Bonchev–Trinajstić information content (AvgIpc) is 2.50. The number of carboxylic acids is 1. The minimum Gasteiger partial charge on any atom is -0.480 e. The third-order valence-electron chi connectivity index (χ3n) is 2.49. The van der Waals surface area contributed by atoms with Gasteiger partial charge in [-0.1, -0.05) is 11.6 Å². The number of carbonyl (C=O) groups is 1. The van der Waals surface area contributed by atoms with E-state index in [1.165, 1.54) is 11.3 Å². The number of likely N-dealkylation sites (N-methyl/N-ethyl adjacent to an activating group) is 1. The Morgan fingerprint density at radius 2 is 2.27 bits per heavy atom. The average molecular weight is 248 g/mol. The fraction of sp³-hybridized carbons (Fsp3) is 0.500. The summed E-state index contributed by atoms with van der Waals surface area (Å²) in [5.74, 6) is -0.826. The second-order valence-electron chi connectivity index (χ2n) is 3.95. The molecule has 0 aliphatic carbocycles. The van der Waals surface area contributed by atoms with Crippen molar-refractivity contribution < 1.29 is 9.90 Å². The molecule has 0 atom stereocenters. The van der Waals surface area contributed by atoms with Gasteiger partial charge in [0.15, 0.2) is 0 Å². The van der Waals surface area contributed by atoms with Crippen LogP contribution in [0.3, 0.4) is 0 Å². The van der Waals surface area contributed by atoms with Crippen LogP contribution in [0.15, 0.2) is 11.4 Å². The summed E-state index contributed by atoms with van der Waals surface area (Å²) in [4.78, 5) is 13.8. The zero-order valence-electron chi connectivity index (χ0n) is 8.95. The molecule has 0 unspecified atom stereocenters. The van der Waals surface area contributed by atoms with Gasteiger partial charge in [-0.15, -0.1) is 11.3 Å². The van der Waals surface area contributed by atoms with Crippen molar-refractivity contribution in [3.8, 4) is 0 Å². The van der Waals surface area contributed by atoms with E-state index in [9.17, 15) is 4.79 Å². The van der Waals surface area contributed by atoms with E-state index in [0.29, 0.717) is 11.6 Å². The molecule has 0 amide bonds. The zero-order chi connectivity index (χ0) is 11.6. The molecule has 0 spiro atoms. The van der Waals surface area contributed by atoms with Crippen molar-refractivity contribution in [3.05, 3.63) is 21.3 Å². The molecular formula is C10H14ClNO2S. The lowest BCUT2D eigenvalue weighted by atomic mass is 10.0. The van der Waals surface area contributed by atoms with Gasteiger partial charge < -0.3 is 5.11 Å². The van der Waals surface area contributed by atoms with Gasteiger partial charge in [-0.05, 0) is 27.0 Å². The first-order chi connectivity index (χ1) is 6.84. The van der Waals surface area contributed by atoms with Crippen LogP contribution in [0.5, 0.6) is 0 Å². The summed E-state index contributed by atoms with van der Waals surface area (Å²) in [6, 6.07) is 1.86. The van der Waals surface area contributed by atoms with E-state index in [4.69, 9.17) is 16.7 Å². The Labute approximate surface area is 98.3 Å². The van der Waals surface area contributed by atoms with Gasteiger partial charge in [0.1, 0.15) is 5.54 Å². The molecule has 1 aromatic heterocycles. The van der Waals surface area contributed by atoms with Gasteiger partial charge >= 0.3 is 5.97 Å². The van der Waals surface area contributed by atoms with Gasteiger partial charge in [-0.25, -0.2) is 0 Å². The van der Waals surface area contributed by atoms with Crippen LogP contribution >= 0.6 is 22.9 Å². The van der Waals surface area contributed by atoms with E-state index >= 15 is 0 Å². The number of thiophene rings is 1. The maximum Gasteiger partial charge on any atom is 0.323 e. The maximum atomic E-state index is 11.0. The highest BCUT2D eigenvalue weighted by Gasteiger charge is 2.31. The van der Waals surface area contributed by atoms with Crippen molar-refractivity contribution in [2.24, 2.45) is 0 Å². The molecule has 1 heterocycles. The molecule has 0 saturated heterocycles. The van der Waals surface area contributed by atoms with Gasteiger partial charge in [-0.2, -0.15) is 0 Å². The highest BCUT2D eigenvalue weighted by Crippen LogP contribution is 2.23. The number of nitrogens with zero attached hydrogens (tertiary/aromatic N) is 1. The molecule has 0 bridgehead atoms. The van der Waals surface area contributed by atoms with E-state index in [0.717, 1.165) is 4.88 Å². The first-order valence-electron chi connectivity index (χ1n) is 4.51. The molecule has 1 rings (SSSR count). The van der Waals surface area contributed by atoms with E-state index in [-0.39, 0.29) is 0 Å². The molecule has 0 aromatic carbocycles. The summed E-state index contributed by atoms with van der Waals surface area (Å²) in [5.41, 5.74) is -0.865. The molecule has 0 aliphatic rings. The molecular weight excluding hydrogens is 234 g/mol. The molecule has 5 heteroatoms. The van der Waals surface area contributed by atoms with Crippen molar-refractivity contribution in [1.29, 1.82) is 0 Å². The topological polar surface area (TPSA) is 40.5 Å². The largest absolute Gasteiger partial charge is 0.480 e. The van der Waals surface area contributed by atoms with Crippen molar-refractivity contribution in [2.75, 3.05) is 7.05 Å². The SMILES string of the molecule is CN(Cc1cc(Cl)cs1)C(C)(C)C(=O)O. The van der Waals surface area contributed by atoms with Crippen LogP contribution in [-0.2, 0) is 11.3 Å². The number of halogens is 1. The summed E-state index contributed by atoms with van der Waals surface area (Å²) in [5, 5.41) is 11.6. The molecule has 0 aliphatic heterocycles. The standard InChI is InChI=1S/C10H14ClNO2S/c1-10(2,9(13)14)12(3)5-8-4-7(11)6-15-8/h4,6H,5H2,1-3H3,(H,13,14). The summed E-state index contributed by atoms with van der Waals surface area (Å²) in [7, 11) is 1.79. The normalized spacial score (nSPS) is 12.1. The van der Waals surface area contributed by atoms with Crippen molar-refractivity contribution >= 4 is 28.9 Å². The molecule has 1 N–H and O–H groups in total. The number of carboxylic acid groups (broad SMARTS) is 1. The predicted octanol–water partition coefficient (Wildman–Crippen LogP) is 2.70. The Balaban J connectivity index is 2.71. The van der Waals surface area contributed by atoms with Crippen LogP contribution in [0.4, 0.5) is 0 Å². The Morgan fingerprint density at radius 3 is 2.67 bits per heavy atom. The Kier molecular flexibility index (Phi) is 3.76. The minimum atomic E-state index is -0.865. The molecule has 0 saturated carbocycles. The summed E-state index contributed by atoms with van der Waals surface area (Å²) < 4.78 is 0. The second-order valence-corrected chi connectivity index (χ2v) is 5.38. The molecule has 0 radical (unpaired) electrons. The quantitative estimate of drug-likeness (QED) is 0.890. The monoisotopic (exact) mass is 247 g/mol. The van der Waals surface area contributed by atoms with Gasteiger partial charge in [0, 0.05) is 16.8 Å². The van der Waals surface area contributed by atoms with Crippen LogP contribution < -0.4 is 0 Å². The predicted molar refractivity (Wildman–Crippen MR) is 62.5 cm³/mol.